The van der Waals surface area contributed by atoms with Crippen molar-refractivity contribution in [1.82, 2.24) is 24.4 Å². The molecule has 2 aromatic heterocycles. The fourth-order valence-electron chi connectivity index (χ4n) is 3.86. The molecule has 0 amide bonds. The maximum atomic E-state index is 13.2. The number of aryl methyl sites for hydroxylation is 1. The third-order valence-electron chi connectivity index (χ3n) is 5.04. The van der Waals surface area contributed by atoms with Gasteiger partial charge in [-0.3, -0.25) is 24.2 Å². The molecule has 0 N–H and O–H groups in total. The Kier molecular flexibility index (Phi) is 5.13. The van der Waals surface area contributed by atoms with Crippen molar-refractivity contribution in [2.24, 2.45) is 0 Å². The number of aromatic nitrogens is 4. The lowest BCUT2D eigenvalue weighted by molar-refractivity contribution is 0.120. The van der Waals surface area contributed by atoms with Crippen LogP contribution in [0, 0.1) is 6.92 Å². The molecule has 1 aliphatic heterocycles. The molecule has 28 heavy (non-hydrogen) atoms. The Bertz CT molecular complexity index is 1050. The van der Waals surface area contributed by atoms with Gasteiger partial charge in [0.05, 0.1) is 34.9 Å². The van der Waals surface area contributed by atoms with E-state index in [2.05, 4.69) is 19.9 Å². The zero-order valence-electron chi connectivity index (χ0n) is 15.6. The number of alkyl halides is 2. The first-order chi connectivity index (χ1) is 13.5. The molecule has 0 radical (unpaired) electrons. The third-order valence-corrected chi connectivity index (χ3v) is 5.04. The number of hydrogen-bond acceptors (Lipinski definition) is 5. The Balaban J connectivity index is 1.76. The van der Waals surface area contributed by atoms with Crippen LogP contribution in [0.15, 0.2) is 41.5 Å². The van der Waals surface area contributed by atoms with E-state index in [4.69, 9.17) is 0 Å². The number of fused-ring (bicyclic) bond motifs is 1. The highest BCUT2D eigenvalue weighted by atomic mass is 19.3. The molecule has 1 fully saturated rings. The van der Waals surface area contributed by atoms with E-state index in [1.54, 1.807) is 36.7 Å². The summed E-state index contributed by atoms with van der Waals surface area (Å²) >= 11 is 0. The second kappa shape index (κ2) is 7.71. The number of benzene rings is 1. The van der Waals surface area contributed by atoms with E-state index >= 15 is 0 Å². The Morgan fingerprint density at radius 2 is 2.04 bits per heavy atom. The molecule has 1 aromatic carbocycles. The van der Waals surface area contributed by atoms with Gasteiger partial charge in [0.2, 0.25) is 0 Å². The number of nitrogens with zero attached hydrogens (tertiary/aromatic N) is 5. The van der Waals surface area contributed by atoms with E-state index in [0.29, 0.717) is 23.3 Å². The number of hydrogen-bond donors (Lipinski definition) is 0. The quantitative estimate of drug-likeness (QED) is 0.675. The molecular weight excluding hydrogens is 364 g/mol. The van der Waals surface area contributed by atoms with Crippen LogP contribution in [-0.4, -0.2) is 37.4 Å². The number of rotatable bonds is 5. The maximum Gasteiger partial charge on any atom is 0.261 e. The van der Waals surface area contributed by atoms with Gasteiger partial charge in [-0.25, -0.2) is 13.8 Å². The standard InChI is InChI=1S/C20H21F2N5O/c1-13-9-23-10-14(24-13)11-26-8-4-7-17(26)19-25-16-6-3-2-5-15(16)20(28)27(19)12-18(21)22/h2-3,5-6,9-10,17-18H,4,7-8,11-12H2,1H3. The van der Waals surface area contributed by atoms with Gasteiger partial charge in [0, 0.05) is 18.9 Å². The average molecular weight is 385 g/mol. The Morgan fingerprint density at radius 3 is 2.82 bits per heavy atom. The highest BCUT2D eigenvalue weighted by Crippen LogP contribution is 2.32. The van der Waals surface area contributed by atoms with Crippen molar-refractivity contribution in [3.8, 4) is 0 Å². The fraction of sp³-hybridized carbons (Fsp3) is 0.400. The number of para-hydroxylation sites is 1. The van der Waals surface area contributed by atoms with Gasteiger partial charge < -0.3 is 0 Å². The normalized spacial score (nSPS) is 17.6. The van der Waals surface area contributed by atoms with Gasteiger partial charge in [0.25, 0.3) is 12.0 Å². The molecule has 0 aliphatic carbocycles. The molecule has 8 heteroatoms. The van der Waals surface area contributed by atoms with Gasteiger partial charge in [-0.15, -0.1) is 0 Å². The Hall–Kier alpha value is -2.74. The largest absolute Gasteiger partial charge is 0.289 e. The molecule has 0 spiro atoms. The third kappa shape index (κ3) is 3.64. The van der Waals surface area contributed by atoms with Crippen LogP contribution in [0.4, 0.5) is 8.78 Å². The van der Waals surface area contributed by atoms with E-state index in [0.717, 1.165) is 35.3 Å². The SMILES string of the molecule is Cc1cncc(CN2CCCC2c2nc3ccccc3c(=O)n2CC(F)F)n1. The monoisotopic (exact) mass is 385 g/mol. The molecule has 1 aliphatic rings. The zero-order chi connectivity index (χ0) is 19.7. The molecule has 0 saturated carbocycles. The topological polar surface area (TPSA) is 63.9 Å². The molecule has 3 aromatic rings. The summed E-state index contributed by atoms with van der Waals surface area (Å²) in [5.74, 6) is 0.405. The first kappa shape index (κ1) is 18.6. The average Bonchev–Trinajstić information content (AvgIpc) is 3.11. The van der Waals surface area contributed by atoms with Crippen LogP contribution in [0.25, 0.3) is 10.9 Å². The van der Waals surface area contributed by atoms with Crippen LogP contribution >= 0.6 is 0 Å². The minimum Gasteiger partial charge on any atom is -0.289 e. The van der Waals surface area contributed by atoms with Gasteiger partial charge in [-0.1, -0.05) is 12.1 Å². The smallest absolute Gasteiger partial charge is 0.261 e. The highest BCUT2D eigenvalue weighted by Gasteiger charge is 2.31. The zero-order valence-corrected chi connectivity index (χ0v) is 15.6. The van der Waals surface area contributed by atoms with E-state index < -0.39 is 18.5 Å². The molecule has 1 unspecified atom stereocenters. The predicted octanol–water partition coefficient (Wildman–Crippen LogP) is 3.10. The van der Waals surface area contributed by atoms with Gasteiger partial charge in [0.1, 0.15) is 5.82 Å². The van der Waals surface area contributed by atoms with Gasteiger partial charge in [-0.2, -0.15) is 0 Å². The summed E-state index contributed by atoms with van der Waals surface area (Å²) in [6.07, 6.45) is 2.43. The molecule has 6 nitrogen and oxygen atoms in total. The minimum absolute atomic E-state index is 0.210. The van der Waals surface area contributed by atoms with E-state index in [1.165, 1.54) is 0 Å². The lowest BCUT2D eigenvalue weighted by Gasteiger charge is -2.26. The van der Waals surface area contributed by atoms with Crippen LogP contribution < -0.4 is 5.56 Å². The highest BCUT2D eigenvalue weighted by molar-refractivity contribution is 5.77. The molecule has 146 valence electrons. The summed E-state index contributed by atoms with van der Waals surface area (Å²) < 4.78 is 27.6. The summed E-state index contributed by atoms with van der Waals surface area (Å²) in [5, 5.41) is 0.362. The fourth-order valence-corrected chi connectivity index (χ4v) is 3.86. The Morgan fingerprint density at radius 1 is 1.21 bits per heavy atom. The van der Waals surface area contributed by atoms with Crippen LogP contribution in [0.2, 0.25) is 0 Å². The van der Waals surface area contributed by atoms with Crippen molar-refractivity contribution in [2.45, 2.75) is 45.3 Å². The maximum absolute atomic E-state index is 13.2. The van der Waals surface area contributed by atoms with Crippen LogP contribution in [0.5, 0.6) is 0 Å². The van der Waals surface area contributed by atoms with Crippen molar-refractivity contribution in [2.75, 3.05) is 6.54 Å². The van der Waals surface area contributed by atoms with Crippen molar-refractivity contribution < 1.29 is 8.78 Å². The number of halogens is 2. The van der Waals surface area contributed by atoms with Gasteiger partial charge in [-0.05, 0) is 38.4 Å². The predicted molar refractivity (Wildman–Crippen MR) is 101 cm³/mol. The summed E-state index contributed by atoms with van der Waals surface area (Å²) in [7, 11) is 0. The molecule has 4 rings (SSSR count). The number of likely N-dealkylation sites (tertiary alicyclic amines) is 1. The van der Waals surface area contributed by atoms with Gasteiger partial charge >= 0.3 is 0 Å². The van der Waals surface area contributed by atoms with Crippen LogP contribution in [0.1, 0.15) is 36.1 Å². The van der Waals surface area contributed by atoms with Crippen molar-refractivity contribution in [3.05, 3.63) is 64.2 Å². The van der Waals surface area contributed by atoms with E-state index in [1.807, 2.05) is 6.92 Å². The molecule has 1 saturated heterocycles. The van der Waals surface area contributed by atoms with Crippen molar-refractivity contribution in [3.63, 3.8) is 0 Å². The molecule has 1 atom stereocenters. The Labute approximate surface area is 160 Å². The second-order valence-electron chi connectivity index (χ2n) is 7.07. The van der Waals surface area contributed by atoms with Crippen LogP contribution in [-0.2, 0) is 13.1 Å². The van der Waals surface area contributed by atoms with E-state index in [-0.39, 0.29) is 6.04 Å². The van der Waals surface area contributed by atoms with E-state index in [9.17, 15) is 13.6 Å². The summed E-state index contributed by atoms with van der Waals surface area (Å²) in [6, 6.07) is 6.68. The first-order valence-corrected chi connectivity index (χ1v) is 9.32. The first-order valence-electron chi connectivity index (χ1n) is 9.32. The summed E-state index contributed by atoms with van der Waals surface area (Å²) in [5.41, 5.74) is 1.76. The minimum atomic E-state index is -2.63. The summed E-state index contributed by atoms with van der Waals surface area (Å²) in [6.45, 7) is 2.55. The molecular formula is C20H21F2N5O. The summed E-state index contributed by atoms with van der Waals surface area (Å²) in [4.78, 5) is 28.3. The van der Waals surface area contributed by atoms with Gasteiger partial charge in [0.15, 0.2) is 0 Å². The molecule has 0 bridgehead atoms. The van der Waals surface area contributed by atoms with Crippen molar-refractivity contribution in [1.29, 1.82) is 0 Å². The lowest BCUT2D eigenvalue weighted by Crippen LogP contribution is -2.33. The second-order valence-corrected chi connectivity index (χ2v) is 7.07. The lowest BCUT2D eigenvalue weighted by atomic mass is 10.1. The van der Waals surface area contributed by atoms with Crippen LogP contribution in [0.3, 0.4) is 0 Å². The molecule has 3 heterocycles. The van der Waals surface area contributed by atoms with Crippen molar-refractivity contribution >= 4 is 10.9 Å².